The van der Waals surface area contributed by atoms with E-state index < -0.39 is 0 Å². The SMILES string of the molecule is CNC=C1CC(=O)c2ccccc2NC1=O. The van der Waals surface area contributed by atoms with Crippen LogP contribution in [0.25, 0.3) is 0 Å². The summed E-state index contributed by atoms with van der Waals surface area (Å²) in [6.45, 7) is 0. The average Bonchev–Trinajstić information content (AvgIpc) is 2.39. The Bertz CT molecular complexity index is 478. The van der Waals surface area contributed by atoms with Crippen molar-refractivity contribution in [2.75, 3.05) is 12.4 Å². The van der Waals surface area contributed by atoms with Gasteiger partial charge in [-0.1, -0.05) is 12.1 Å². The number of amides is 1. The second-order valence-corrected chi connectivity index (χ2v) is 3.56. The molecule has 2 N–H and O–H groups in total. The Kier molecular flexibility index (Phi) is 2.72. The molecular weight excluding hydrogens is 204 g/mol. The molecule has 1 aliphatic rings. The van der Waals surface area contributed by atoms with E-state index in [0.717, 1.165) is 0 Å². The summed E-state index contributed by atoms with van der Waals surface area (Å²) in [5.41, 5.74) is 1.59. The van der Waals surface area contributed by atoms with E-state index in [4.69, 9.17) is 0 Å². The third-order valence-corrected chi connectivity index (χ3v) is 2.44. The van der Waals surface area contributed by atoms with Crippen LogP contribution in [0.4, 0.5) is 5.69 Å². The van der Waals surface area contributed by atoms with Crippen molar-refractivity contribution in [3.63, 3.8) is 0 Å². The number of ketones is 1. The molecule has 0 spiro atoms. The molecule has 0 fully saturated rings. The first kappa shape index (κ1) is 10.4. The molecule has 0 atom stereocenters. The van der Waals surface area contributed by atoms with Crippen molar-refractivity contribution in [1.82, 2.24) is 5.32 Å². The second-order valence-electron chi connectivity index (χ2n) is 3.56. The maximum atomic E-state index is 11.9. The van der Waals surface area contributed by atoms with Crippen LogP contribution in [0, 0.1) is 0 Å². The van der Waals surface area contributed by atoms with Crippen LogP contribution in [-0.4, -0.2) is 18.7 Å². The van der Waals surface area contributed by atoms with E-state index in [1.807, 2.05) is 0 Å². The van der Waals surface area contributed by atoms with E-state index in [1.165, 1.54) is 0 Å². The van der Waals surface area contributed by atoms with Crippen molar-refractivity contribution in [2.24, 2.45) is 0 Å². The fourth-order valence-electron chi connectivity index (χ4n) is 1.68. The van der Waals surface area contributed by atoms with Gasteiger partial charge >= 0.3 is 0 Å². The summed E-state index contributed by atoms with van der Waals surface area (Å²) < 4.78 is 0. The average molecular weight is 216 g/mol. The van der Waals surface area contributed by atoms with Gasteiger partial charge in [0.15, 0.2) is 5.78 Å². The highest BCUT2D eigenvalue weighted by molar-refractivity contribution is 6.16. The molecule has 0 saturated carbocycles. The summed E-state index contributed by atoms with van der Waals surface area (Å²) in [5, 5.41) is 5.49. The smallest absolute Gasteiger partial charge is 0.253 e. The Morgan fingerprint density at radius 3 is 2.81 bits per heavy atom. The number of carbonyl (C=O) groups is 2. The predicted octanol–water partition coefficient (Wildman–Crippen LogP) is 1.31. The van der Waals surface area contributed by atoms with Crippen LogP contribution in [0.5, 0.6) is 0 Å². The Balaban J connectivity index is 2.44. The minimum absolute atomic E-state index is 0.0459. The number of nitrogens with one attached hydrogen (secondary N) is 2. The zero-order chi connectivity index (χ0) is 11.5. The summed E-state index contributed by atoms with van der Waals surface area (Å²) >= 11 is 0. The summed E-state index contributed by atoms with van der Waals surface area (Å²) in [7, 11) is 1.70. The van der Waals surface area contributed by atoms with Crippen LogP contribution in [-0.2, 0) is 4.79 Å². The zero-order valence-corrected chi connectivity index (χ0v) is 8.91. The molecule has 1 aromatic carbocycles. The standard InChI is InChI=1S/C12H12N2O2/c1-13-7-8-6-11(15)9-4-2-3-5-10(9)14-12(8)16/h2-5,7,13H,6H2,1H3,(H,14,16). The largest absolute Gasteiger partial charge is 0.394 e. The quantitative estimate of drug-likeness (QED) is 0.696. The second kappa shape index (κ2) is 4.18. The molecule has 4 heteroatoms. The van der Waals surface area contributed by atoms with Crippen LogP contribution in [0.2, 0.25) is 0 Å². The molecule has 0 unspecified atom stereocenters. The lowest BCUT2D eigenvalue weighted by atomic mass is 10.0. The molecule has 2 rings (SSSR count). The zero-order valence-electron chi connectivity index (χ0n) is 8.91. The molecule has 1 aliphatic heterocycles. The van der Waals surface area contributed by atoms with Gasteiger partial charge < -0.3 is 10.6 Å². The van der Waals surface area contributed by atoms with Gasteiger partial charge in [0.05, 0.1) is 5.69 Å². The van der Waals surface area contributed by atoms with Gasteiger partial charge in [0.2, 0.25) is 0 Å². The van der Waals surface area contributed by atoms with Crippen molar-refractivity contribution in [3.05, 3.63) is 41.6 Å². The molecule has 1 heterocycles. The van der Waals surface area contributed by atoms with Crippen LogP contribution in [0.1, 0.15) is 16.8 Å². The number of hydrogen-bond donors (Lipinski definition) is 2. The Morgan fingerprint density at radius 1 is 1.31 bits per heavy atom. The molecule has 1 amide bonds. The van der Waals surface area contributed by atoms with E-state index in [0.29, 0.717) is 16.8 Å². The van der Waals surface area contributed by atoms with Gasteiger partial charge in [-0.05, 0) is 12.1 Å². The Morgan fingerprint density at radius 2 is 2.06 bits per heavy atom. The molecule has 0 aromatic heterocycles. The molecule has 82 valence electrons. The highest BCUT2D eigenvalue weighted by Gasteiger charge is 2.22. The first-order valence-electron chi connectivity index (χ1n) is 5.02. The van der Waals surface area contributed by atoms with Crippen molar-refractivity contribution in [1.29, 1.82) is 0 Å². The molecule has 1 aromatic rings. The Labute approximate surface area is 93.3 Å². The van der Waals surface area contributed by atoms with E-state index >= 15 is 0 Å². The topological polar surface area (TPSA) is 58.2 Å². The first-order chi connectivity index (χ1) is 7.72. The van der Waals surface area contributed by atoms with Crippen molar-refractivity contribution in [3.8, 4) is 0 Å². The van der Waals surface area contributed by atoms with Gasteiger partial charge in [0.25, 0.3) is 5.91 Å². The lowest BCUT2D eigenvalue weighted by Crippen LogP contribution is -2.14. The number of hydrogen-bond acceptors (Lipinski definition) is 3. The van der Waals surface area contributed by atoms with Crippen LogP contribution < -0.4 is 10.6 Å². The molecular formula is C12H12N2O2. The van der Waals surface area contributed by atoms with Gasteiger partial charge in [-0.25, -0.2) is 0 Å². The fraction of sp³-hybridized carbons (Fsp3) is 0.167. The molecule has 0 radical (unpaired) electrons. The number of benzene rings is 1. The molecule has 4 nitrogen and oxygen atoms in total. The third kappa shape index (κ3) is 1.82. The minimum atomic E-state index is -0.229. The number of Topliss-reactive ketones (excluding diaryl/α,β-unsaturated/α-hetero) is 1. The van der Waals surface area contributed by atoms with Crippen molar-refractivity contribution < 1.29 is 9.59 Å². The van der Waals surface area contributed by atoms with Gasteiger partial charge in [-0.3, -0.25) is 9.59 Å². The summed E-state index contributed by atoms with van der Waals surface area (Å²) in [5.74, 6) is -0.275. The van der Waals surface area contributed by atoms with Crippen LogP contribution in [0.3, 0.4) is 0 Å². The highest BCUT2D eigenvalue weighted by atomic mass is 16.2. The maximum absolute atomic E-state index is 11.9. The molecule has 0 saturated heterocycles. The summed E-state index contributed by atoms with van der Waals surface area (Å²) in [4.78, 5) is 23.6. The van der Waals surface area contributed by atoms with Crippen LogP contribution in [0.15, 0.2) is 36.0 Å². The molecule has 0 aliphatic carbocycles. The summed E-state index contributed by atoms with van der Waals surface area (Å²) in [6, 6.07) is 7.03. The summed E-state index contributed by atoms with van der Waals surface area (Å²) in [6.07, 6.45) is 1.68. The third-order valence-electron chi connectivity index (χ3n) is 2.44. The first-order valence-corrected chi connectivity index (χ1v) is 5.02. The number of carbonyl (C=O) groups excluding carboxylic acids is 2. The number of rotatable bonds is 1. The number of anilines is 1. The van der Waals surface area contributed by atoms with E-state index in [2.05, 4.69) is 10.6 Å². The maximum Gasteiger partial charge on any atom is 0.253 e. The Hall–Kier alpha value is -2.10. The van der Waals surface area contributed by atoms with Crippen molar-refractivity contribution >= 4 is 17.4 Å². The van der Waals surface area contributed by atoms with Crippen LogP contribution >= 0.6 is 0 Å². The lowest BCUT2D eigenvalue weighted by molar-refractivity contribution is -0.112. The minimum Gasteiger partial charge on any atom is -0.394 e. The number of fused-ring (bicyclic) bond motifs is 1. The monoisotopic (exact) mass is 216 g/mol. The van der Waals surface area contributed by atoms with Gasteiger partial charge in [0, 0.05) is 30.8 Å². The van der Waals surface area contributed by atoms with E-state index in [-0.39, 0.29) is 18.1 Å². The van der Waals surface area contributed by atoms with E-state index in [9.17, 15) is 9.59 Å². The fourth-order valence-corrected chi connectivity index (χ4v) is 1.68. The predicted molar refractivity (Wildman–Crippen MR) is 61.2 cm³/mol. The van der Waals surface area contributed by atoms with E-state index in [1.54, 1.807) is 37.5 Å². The van der Waals surface area contributed by atoms with Crippen molar-refractivity contribution in [2.45, 2.75) is 6.42 Å². The van der Waals surface area contributed by atoms with Gasteiger partial charge in [-0.15, -0.1) is 0 Å². The number of para-hydroxylation sites is 1. The molecule has 16 heavy (non-hydrogen) atoms. The normalized spacial score (nSPS) is 17.7. The lowest BCUT2D eigenvalue weighted by Gasteiger charge is -2.03. The van der Waals surface area contributed by atoms with Gasteiger partial charge in [0.1, 0.15) is 0 Å². The van der Waals surface area contributed by atoms with Gasteiger partial charge in [-0.2, -0.15) is 0 Å². The molecule has 0 bridgehead atoms. The highest BCUT2D eigenvalue weighted by Crippen LogP contribution is 2.23.